The number of hydrogen-bond donors (Lipinski definition) is 1. The molecule has 0 saturated heterocycles. The summed E-state index contributed by atoms with van der Waals surface area (Å²) in [6, 6.07) is 23.2. The zero-order chi connectivity index (χ0) is 15.5. The topological polar surface area (TPSA) is 20.2 Å². The molecule has 0 bridgehead atoms. The van der Waals surface area contributed by atoms with Crippen LogP contribution in [0.1, 0.15) is 16.7 Å². The van der Waals surface area contributed by atoms with Gasteiger partial charge in [0.25, 0.3) is 0 Å². The maximum Gasteiger partial charge on any atom is 0.0687 e. The third-order valence-corrected chi connectivity index (χ3v) is 4.03. The molecule has 0 unspecified atom stereocenters. The van der Waals surface area contributed by atoms with E-state index in [1.165, 1.54) is 22.3 Å². The van der Waals surface area contributed by atoms with E-state index in [0.717, 1.165) is 16.7 Å². The third-order valence-electron chi connectivity index (χ3n) is 4.03. The van der Waals surface area contributed by atoms with Gasteiger partial charge < -0.3 is 5.11 Å². The average Bonchev–Trinajstić information content (AvgIpc) is 2.56. The van der Waals surface area contributed by atoms with Crippen molar-refractivity contribution in [1.29, 1.82) is 0 Å². The molecular weight excluding hydrogens is 268 g/mol. The molecule has 0 fully saturated rings. The Balaban J connectivity index is 2.10. The molecule has 3 aromatic carbocycles. The zero-order valence-electron chi connectivity index (χ0n) is 13.0. The van der Waals surface area contributed by atoms with Crippen molar-refractivity contribution in [1.82, 2.24) is 0 Å². The lowest BCUT2D eigenvalue weighted by molar-refractivity contribution is 0.282. The quantitative estimate of drug-likeness (QED) is 0.708. The van der Waals surface area contributed by atoms with Gasteiger partial charge in [-0.1, -0.05) is 71.8 Å². The Kier molecular flexibility index (Phi) is 4.08. The van der Waals surface area contributed by atoms with Crippen LogP contribution in [0.3, 0.4) is 0 Å². The van der Waals surface area contributed by atoms with Crippen LogP contribution in [0.2, 0.25) is 0 Å². The van der Waals surface area contributed by atoms with Crippen molar-refractivity contribution in [2.45, 2.75) is 20.5 Å². The number of aliphatic hydroxyl groups excluding tert-OH is 1. The minimum atomic E-state index is 0.0530. The molecule has 0 heterocycles. The highest BCUT2D eigenvalue weighted by molar-refractivity contribution is 5.75. The van der Waals surface area contributed by atoms with Crippen LogP contribution in [0.15, 0.2) is 66.7 Å². The Morgan fingerprint density at radius 2 is 1.14 bits per heavy atom. The van der Waals surface area contributed by atoms with Crippen molar-refractivity contribution in [3.8, 4) is 22.3 Å². The fourth-order valence-corrected chi connectivity index (χ4v) is 2.64. The summed E-state index contributed by atoms with van der Waals surface area (Å²) < 4.78 is 0. The number of aliphatic hydroxyl groups is 1. The van der Waals surface area contributed by atoms with Gasteiger partial charge in [-0.3, -0.25) is 0 Å². The van der Waals surface area contributed by atoms with Gasteiger partial charge in [-0.05, 0) is 47.7 Å². The standard InChI is InChI=1S/C21H20O/c1-15-3-7-17(8-4-15)19-11-12-20(14-22)21(13-19)18-9-5-16(2)6-10-18/h3-13,22H,14H2,1-2H3. The summed E-state index contributed by atoms with van der Waals surface area (Å²) in [7, 11) is 0. The first-order valence-electron chi connectivity index (χ1n) is 7.55. The van der Waals surface area contributed by atoms with E-state index in [-0.39, 0.29) is 6.61 Å². The van der Waals surface area contributed by atoms with Crippen molar-refractivity contribution in [3.63, 3.8) is 0 Å². The second kappa shape index (κ2) is 6.17. The monoisotopic (exact) mass is 288 g/mol. The molecule has 0 saturated carbocycles. The molecule has 0 atom stereocenters. The maximum atomic E-state index is 9.63. The van der Waals surface area contributed by atoms with E-state index < -0.39 is 0 Å². The molecule has 0 aliphatic rings. The van der Waals surface area contributed by atoms with E-state index in [0.29, 0.717) is 0 Å². The Morgan fingerprint density at radius 3 is 1.68 bits per heavy atom. The Morgan fingerprint density at radius 1 is 0.636 bits per heavy atom. The Hall–Kier alpha value is -2.38. The molecule has 0 spiro atoms. The molecule has 0 amide bonds. The van der Waals surface area contributed by atoms with Crippen LogP contribution < -0.4 is 0 Å². The van der Waals surface area contributed by atoms with Crippen LogP contribution >= 0.6 is 0 Å². The van der Waals surface area contributed by atoms with Crippen LogP contribution in [0.25, 0.3) is 22.3 Å². The Bertz CT molecular complexity index is 768. The fraction of sp³-hybridized carbons (Fsp3) is 0.143. The van der Waals surface area contributed by atoms with Gasteiger partial charge in [0, 0.05) is 0 Å². The van der Waals surface area contributed by atoms with Gasteiger partial charge in [-0.15, -0.1) is 0 Å². The molecule has 110 valence electrons. The zero-order valence-corrected chi connectivity index (χ0v) is 13.0. The summed E-state index contributed by atoms with van der Waals surface area (Å²) in [6.07, 6.45) is 0. The molecule has 1 nitrogen and oxygen atoms in total. The van der Waals surface area contributed by atoms with Gasteiger partial charge >= 0.3 is 0 Å². The molecule has 0 aliphatic heterocycles. The van der Waals surface area contributed by atoms with Crippen molar-refractivity contribution in [2.24, 2.45) is 0 Å². The molecule has 3 aromatic rings. The van der Waals surface area contributed by atoms with E-state index in [4.69, 9.17) is 0 Å². The van der Waals surface area contributed by atoms with Crippen molar-refractivity contribution >= 4 is 0 Å². The summed E-state index contributed by atoms with van der Waals surface area (Å²) in [5, 5.41) is 9.63. The molecule has 22 heavy (non-hydrogen) atoms. The van der Waals surface area contributed by atoms with Gasteiger partial charge in [0.05, 0.1) is 6.61 Å². The summed E-state index contributed by atoms with van der Waals surface area (Å²) in [5.74, 6) is 0. The van der Waals surface area contributed by atoms with E-state index in [2.05, 4.69) is 74.5 Å². The van der Waals surface area contributed by atoms with Crippen molar-refractivity contribution in [3.05, 3.63) is 83.4 Å². The molecule has 0 aliphatic carbocycles. The lowest BCUT2D eigenvalue weighted by atomic mass is 9.94. The third kappa shape index (κ3) is 2.95. The average molecular weight is 288 g/mol. The van der Waals surface area contributed by atoms with E-state index in [1.807, 2.05) is 6.07 Å². The summed E-state index contributed by atoms with van der Waals surface area (Å²) >= 11 is 0. The fourth-order valence-electron chi connectivity index (χ4n) is 2.64. The lowest BCUT2D eigenvalue weighted by Crippen LogP contribution is -1.91. The first kappa shape index (κ1) is 14.6. The number of rotatable bonds is 3. The van der Waals surface area contributed by atoms with E-state index >= 15 is 0 Å². The molecule has 0 radical (unpaired) electrons. The lowest BCUT2D eigenvalue weighted by Gasteiger charge is -2.11. The van der Waals surface area contributed by atoms with Gasteiger partial charge in [0.1, 0.15) is 0 Å². The first-order valence-corrected chi connectivity index (χ1v) is 7.55. The highest BCUT2D eigenvalue weighted by Gasteiger charge is 2.07. The highest BCUT2D eigenvalue weighted by Crippen LogP contribution is 2.30. The largest absolute Gasteiger partial charge is 0.392 e. The van der Waals surface area contributed by atoms with Crippen LogP contribution in [-0.4, -0.2) is 5.11 Å². The SMILES string of the molecule is Cc1ccc(-c2ccc(CO)c(-c3ccc(C)cc3)c2)cc1. The van der Waals surface area contributed by atoms with Crippen LogP contribution in [0.5, 0.6) is 0 Å². The number of benzene rings is 3. The molecule has 1 heteroatoms. The van der Waals surface area contributed by atoms with Gasteiger partial charge in [0.15, 0.2) is 0 Å². The summed E-state index contributed by atoms with van der Waals surface area (Å²) in [5.41, 5.74) is 8.07. The summed E-state index contributed by atoms with van der Waals surface area (Å²) in [4.78, 5) is 0. The van der Waals surface area contributed by atoms with Crippen LogP contribution in [-0.2, 0) is 6.61 Å². The second-order valence-electron chi connectivity index (χ2n) is 5.76. The normalized spacial score (nSPS) is 10.7. The predicted molar refractivity (Wildman–Crippen MR) is 92.7 cm³/mol. The Labute approximate surface area is 131 Å². The van der Waals surface area contributed by atoms with Crippen LogP contribution in [0.4, 0.5) is 0 Å². The minimum Gasteiger partial charge on any atom is -0.392 e. The number of aryl methyl sites for hydroxylation is 2. The smallest absolute Gasteiger partial charge is 0.0687 e. The van der Waals surface area contributed by atoms with Gasteiger partial charge in [-0.25, -0.2) is 0 Å². The second-order valence-corrected chi connectivity index (χ2v) is 5.76. The van der Waals surface area contributed by atoms with Gasteiger partial charge in [0.2, 0.25) is 0 Å². The maximum absolute atomic E-state index is 9.63. The molecule has 1 N–H and O–H groups in total. The van der Waals surface area contributed by atoms with E-state index in [9.17, 15) is 5.11 Å². The van der Waals surface area contributed by atoms with Crippen molar-refractivity contribution < 1.29 is 5.11 Å². The van der Waals surface area contributed by atoms with Crippen LogP contribution in [0, 0.1) is 13.8 Å². The molecule has 0 aromatic heterocycles. The molecule has 3 rings (SSSR count). The highest BCUT2D eigenvalue weighted by atomic mass is 16.3. The molecular formula is C21H20O. The van der Waals surface area contributed by atoms with E-state index in [1.54, 1.807) is 0 Å². The minimum absolute atomic E-state index is 0.0530. The van der Waals surface area contributed by atoms with Gasteiger partial charge in [-0.2, -0.15) is 0 Å². The van der Waals surface area contributed by atoms with Crippen molar-refractivity contribution in [2.75, 3.05) is 0 Å². The predicted octanol–water partition coefficient (Wildman–Crippen LogP) is 5.13. The summed E-state index contributed by atoms with van der Waals surface area (Å²) in [6.45, 7) is 4.23. The number of hydrogen-bond acceptors (Lipinski definition) is 1. The first-order chi connectivity index (χ1) is 10.7.